The first kappa shape index (κ1) is 20.9. The normalized spacial score (nSPS) is 36.9. The molecule has 4 fully saturated rings. The van der Waals surface area contributed by atoms with Crippen molar-refractivity contribution < 1.29 is 19.1 Å². The van der Waals surface area contributed by atoms with Crippen molar-refractivity contribution in [3.05, 3.63) is 48.0 Å². The van der Waals surface area contributed by atoms with E-state index in [9.17, 15) is 14.4 Å². The van der Waals surface area contributed by atoms with Crippen LogP contribution in [0.25, 0.3) is 0 Å². The Balaban J connectivity index is 1.37. The Labute approximate surface area is 193 Å². The second-order valence-electron chi connectivity index (χ2n) is 10.6. The number of rotatable bonds is 6. The number of nitrogens with zero attached hydrogens (tertiary/aromatic N) is 1. The maximum absolute atomic E-state index is 13.9. The molecule has 1 aromatic carbocycles. The molecular weight excluding hydrogens is 418 g/mol. The topological polar surface area (TPSA) is 87.7 Å². The molecule has 2 N–H and O–H groups in total. The first-order valence-corrected chi connectivity index (χ1v) is 12.3. The molecule has 33 heavy (non-hydrogen) atoms. The quantitative estimate of drug-likeness (QED) is 0.651. The molecule has 2 bridgehead atoms. The van der Waals surface area contributed by atoms with Crippen molar-refractivity contribution in [3.8, 4) is 0 Å². The van der Waals surface area contributed by atoms with Gasteiger partial charge in [-0.25, -0.2) is 0 Å². The summed E-state index contributed by atoms with van der Waals surface area (Å²) in [5.74, 6) is -1.83. The largest absolute Gasteiger partial charge is 0.356 e. The standard InChI is InChI=1S/C26H31N3O4/c1-25-13-14-26(33-25)20(19(25)22(30)27-18-11-12-18)24(32)29(15-16-7-3-2-4-8-16)21(26)23(31)28-17-9-5-6-10-17/h2-4,7-8,13-14,17-21H,5-6,9-12,15H2,1H3,(H,27,30)(H,28,31)/t19-,20-,21-,25-,26+/m0/s1. The second kappa shape index (κ2) is 7.42. The van der Waals surface area contributed by atoms with Gasteiger partial charge in [0.15, 0.2) is 0 Å². The third-order valence-electron chi connectivity index (χ3n) is 8.15. The van der Waals surface area contributed by atoms with E-state index in [-0.39, 0.29) is 29.8 Å². The van der Waals surface area contributed by atoms with Crippen molar-refractivity contribution in [2.24, 2.45) is 11.8 Å². The Hall–Kier alpha value is -2.67. The first-order valence-electron chi connectivity index (χ1n) is 12.3. The molecule has 3 amide bonds. The average Bonchev–Trinajstić information content (AvgIpc) is 3.13. The summed E-state index contributed by atoms with van der Waals surface area (Å²) in [6.45, 7) is 2.18. The summed E-state index contributed by atoms with van der Waals surface area (Å²) < 4.78 is 6.55. The van der Waals surface area contributed by atoms with Gasteiger partial charge < -0.3 is 20.3 Å². The Morgan fingerprint density at radius 1 is 1.00 bits per heavy atom. The smallest absolute Gasteiger partial charge is 0.246 e. The van der Waals surface area contributed by atoms with Crippen LogP contribution < -0.4 is 10.6 Å². The van der Waals surface area contributed by atoms with E-state index >= 15 is 0 Å². The van der Waals surface area contributed by atoms with Crippen molar-refractivity contribution in [2.45, 2.75) is 81.3 Å². The number of benzene rings is 1. The summed E-state index contributed by atoms with van der Waals surface area (Å²) in [5, 5.41) is 6.28. The van der Waals surface area contributed by atoms with Crippen molar-refractivity contribution in [1.82, 2.24) is 15.5 Å². The van der Waals surface area contributed by atoms with Crippen LogP contribution in [0.5, 0.6) is 0 Å². The third kappa shape index (κ3) is 3.23. The Kier molecular flexibility index (Phi) is 4.70. The monoisotopic (exact) mass is 449 g/mol. The van der Waals surface area contributed by atoms with Gasteiger partial charge in [-0.3, -0.25) is 14.4 Å². The summed E-state index contributed by atoms with van der Waals surface area (Å²) in [5.41, 5.74) is -1.05. The van der Waals surface area contributed by atoms with Crippen LogP contribution in [0.3, 0.4) is 0 Å². The van der Waals surface area contributed by atoms with E-state index < -0.39 is 29.1 Å². The number of carbonyl (C=O) groups is 3. The van der Waals surface area contributed by atoms with Gasteiger partial charge in [0, 0.05) is 18.6 Å². The Morgan fingerprint density at radius 2 is 1.67 bits per heavy atom. The summed E-state index contributed by atoms with van der Waals surface area (Å²) in [7, 11) is 0. The average molecular weight is 450 g/mol. The minimum atomic E-state index is -1.12. The summed E-state index contributed by atoms with van der Waals surface area (Å²) >= 11 is 0. The molecule has 6 rings (SSSR count). The molecule has 7 heteroatoms. The van der Waals surface area contributed by atoms with Crippen LogP contribution in [0.2, 0.25) is 0 Å². The van der Waals surface area contributed by atoms with Gasteiger partial charge in [-0.05, 0) is 38.2 Å². The predicted molar refractivity (Wildman–Crippen MR) is 121 cm³/mol. The summed E-state index contributed by atoms with van der Waals surface area (Å²) in [4.78, 5) is 42.6. The van der Waals surface area contributed by atoms with Gasteiger partial charge in [-0.1, -0.05) is 55.3 Å². The minimum Gasteiger partial charge on any atom is -0.356 e. The fourth-order valence-electron chi connectivity index (χ4n) is 6.45. The first-order chi connectivity index (χ1) is 15.9. The number of hydrogen-bond acceptors (Lipinski definition) is 4. The highest BCUT2D eigenvalue weighted by Gasteiger charge is 2.76. The van der Waals surface area contributed by atoms with Gasteiger partial charge >= 0.3 is 0 Å². The molecule has 7 nitrogen and oxygen atoms in total. The molecule has 5 aliphatic rings. The van der Waals surface area contributed by atoms with Crippen LogP contribution in [0.1, 0.15) is 51.0 Å². The highest BCUT2D eigenvalue weighted by atomic mass is 16.5. The zero-order chi connectivity index (χ0) is 22.8. The van der Waals surface area contributed by atoms with Crippen LogP contribution in [-0.4, -0.2) is 51.9 Å². The van der Waals surface area contributed by atoms with Crippen molar-refractivity contribution in [2.75, 3.05) is 0 Å². The number of amides is 3. The van der Waals surface area contributed by atoms with Crippen LogP contribution in [0, 0.1) is 11.8 Å². The second-order valence-corrected chi connectivity index (χ2v) is 10.6. The van der Waals surface area contributed by atoms with E-state index in [1.807, 2.05) is 49.4 Å². The van der Waals surface area contributed by atoms with Crippen LogP contribution >= 0.6 is 0 Å². The summed E-state index contributed by atoms with van der Waals surface area (Å²) in [6.07, 6.45) is 9.87. The molecule has 2 saturated carbocycles. The van der Waals surface area contributed by atoms with E-state index in [0.29, 0.717) is 6.54 Å². The zero-order valence-electron chi connectivity index (χ0n) is 19.0. The van der Waals surface area contributed by atoms with Gasteiger partial charge in [0.2, 0.25) is 17.7 Å². The number of ether oxygens (including phenoxy) is 1. The van der Waals surface area contributed by atoms with E-state index in [4.69, 9.17) is 4.74 Å². The van der Waals surface area contributed by atoms with Gasteiger partial charge in [-0.15, -0.1) is 0 Å². The molecule has 1 aromatic rings. The maximum Gasteiger partial charge on any atom is 0.246 e. The molecule has 2 aliphatic carbocycles. The Morgan fingerprint density at radius 3 is 2.36 bits per heavy atom. The molecule has 0 radical (unpaired) electrons. The number of carbonyl (C=O) groups excluding carboxylic acids is 3. The summed E-state index contributed by atoms with van der Waals surface area (Å²) in [6, 6.07) is 9.23. The van der Waals surface area contributed by atoms with Crippen molar-refractivity contribution in [3.63, 3.8) is 0 Å². The molecule has 2 saturated heterocycles. The van der Waals surface area contributed by atoms with E-state index in [2.05, 4.69) is 10.6 Å². The molecule has 0 unspecified atom stereocenters. The number of nitrogens with one attached hydrogen (secondary N) is 2. The Bertz CT molecular complexity index is 1020. The lowest BCUT2D eigenvalue weighted by Crippen LogP contribution is -2.56. The number of likely N-dealkylation sites (tertiary alicyclic amines) is 1. The van der Waals surface area contributed by atoms with E-state index in [1.54, 1.807) is 4.90 Å². The maximum atomic E-state index is 13.9. The van der Waals surface area contributed by atoms with E-state index in [1.165, 1.54) is 0 Å². The molecule has 3 aliphatic heterocycles. The molecule has 0 aromatic heterocycles. The van der Waals surface area contributed by atoms with Crippen molar-refractivity contribution >= 4 is 17.7 Å². The van der Waals surface area contributed by atoms with Gasteiger partial charge in [0.1, 0.15) is 11.6 Å². The van der Waals surface area contributed by atoms with Crippen LogP contribution in [-0.2, 0) is 25.7 Å². The molecule has 1 spiro atoms. The molecule has 5 atom stereocenters. The molecular formula is C26H31N3O4. The zero-order valence-corrected chi connectivity index (χ0v) is 19.0. The number of hydrogen-bond donors (Lipinski definition) is 2. The molecule has 174 valence electrons. The van der Waals surface area contributed by atoms with Crippen LogP contribution in [0.4, 0.5) is 0 Å². The van der Waals surface area contributed by atoms with Gasteiger partial charge in [-0.2, -0.15) is 0 Å². The van der Waals surface area contributed by atoms with Gasteiger partial charge in [0.25, 0.3) is 0 Å². The number of fused-ring (bicyclic) bond motifs is 1. The lowest BCUT2D eigenvalue weighted by atomic mass is 9.70. The minimum absolute atomic E-state index is 0.133. The fraction of sp³-hybridized carbons (Fsp3) is 0.577. The fourth-order valence-corrected chi connectivity index (χ4v) is 6.45. The van der Waals surface area contributed by atoms with Crippen molar-refractivity contribution in [1.29, 1.82) is 0 Å². The lowest BCUT2D eigenvalue weighted by molar-refractivity contribution is -0.145. The lowest BCUT2D eigenvalue weighted by Gasteiger charge is -2.33. The third-order valence-corrected chi connectivity index (χ3v) is 8.15. The van der Waals surface area contributed by atoms with E-state index in [0.717, 1.165) is 44.1 Å². The predicted octanol–water partition coefficient (Wildman–Crippen LogP) is 2.06. The SMILES string of the molecule is C[C@@]12C=C[C@@]3(O1)[C@H](C(=O)N(Cc1ccccc1)[C@H]3C(=O)NC1CCCC1)[C@H]2C(=O)NC1CC1. The molecule has 3 heterocycles. The highest BCUT2D eigenvalue weighted by Crippen LogP contribution is 2.60. The van der Waals surface area contributed by atoms with Gasteiger partial charge in [0.05, 0.1) is 17.4 Å². The van der Waals surface area contributed by atoms with Crippen LogP contribution in [0.15, 0.2) is 42.5 Å². The highest BCUT2D eigenvalue weighted by molar-refractivity contribution is 6.00.